The fourth-order valence-electron chi connectivity index (χ4n) is 3.56. The maximum Gasteiger partial charge on any atom is 0.573 e. The monoisotopic (exact) mass is 421 g/mol. The Morgan fingerprint density at radius 2 is 1.77 bits per heavy atom. The number of nitrogens with zero attached hydrogens (tertiary/aromatic N) is 1. The quantitative estimate of drug-likeness (QED) is 0.617. The van der Waals surface area contributed by atoms with Gasteiger partial charge in [0.1, 0.15) is 11.5 Å². The lowest BCUT2D eigenvalue weighted by Crippen LogP contribution is -2.18. The lowest BCUT2D eigenvalue weighted by molar-refractivity contribution is -0.274. The highest BCUT2D eigenvalue weighted by Crippen LogP contribution is 2.36. The molecular formula is C21H18F3NO5. The highest BCUT2D eigenvalue weighted by molar-refractivity contribution is 6.05. The second-order valence-electron chi connectivity index (χ2n) is 6.71. The van der Waals surface area contributed by atoms with E-state index < -0.39 is 29.9 Å². The minimum Gasteiger partial charge on any atom is -0.508 e. The van der Waals surface area contributed by atoms with Gasteiger partial charge in [-0.15, -0.1) is 13.2 Å². The summed E-state index contributed by atoms with van der Waals surface area (Å²) in [7, 11) is 0. The molecular weight excluding hydrogens is 403 g/mol. The van der Waals surface area contributed by atoms with Crippen LogP contribution in [0.5, 0.6) is 11.5 Å². The van der Waals surface area contributed by atoms with Gasteiger partial charge in [0.25, 0.3) is 5.91 Å². The van der Waals surface area contributed by atoms with Crippen molar-refractivity contribution in [2.75, 3.05) is 0 Å². The van der Waals surface area contributed by atoms with Crippen LogP contribution in [-0.4, -0.2) is 33.0 Å². The molecule has 0 aliphatic carbocycles. The van der Waals surface area contributed by atoms with Crippen molar-refractivity contribution in [3.63, 3.8) is 0 Å². The number of phenols is 1. The van der Waals surface area contributed by atoms with Crippen LogP contribution in [-0.2, 0) is 4.79 Å². The van der Waals surface area contributed by atoms with Gasteiger partial charge in [-0.25, -0.2) is 0 Å². The Hall–Kier alpha value is -3.49. The third-order valence-electron chi connectivity index (χ3n) is 4.83. The van der Waals surface area contributed by atoms with Gasteiger partial charge in [0.15, 0.2) is 0 Å². The Bertz CT molecular complexity index is 1120. The summed E-state index contributed by atoms with van der Waals surface area (Å²) in [6.07, 6.45) is -4.58. The van der Waals surface area contributed by atoms with Gasteiger partial charge < -0.3 is 14.9 Å². The Morgan fingerprint density at radius 1 is 1.13 bits per heavy atom. The minimum absolute atomic E-state index is 0.0813. The topological polar surface area (TPSA) is 88.8 Å². The maximum atomic E-state index is 13.1. The molecule has 0 saturated heterocycles. The molecule has 3 rings (SSSR count). The molecule has 0 radical (unpaired) electrons. The first-order chi connectivity index (χ1) is 14.0. The Labute approximate surface area is 169 Å². The molecule has 1 heterocycles. The Balaban J connectivity index is 2.13. The summed E-state index contributed by atoms with van der Waals surface area (Å²) in [5.74, 6) is -3.05. The number of hydrogen-bond acceptors (Lipinski definition) is 4. The highest BCUT2D eigenvalue weighted by Gasteiger charge is 2.31. The fraction of sp³-hybridized carbons (Fsp3) is 0.238. The molecule has 1 aromatic heterocycles. The van der Waals surface area contributed by atoms with Crippen molar-refractivity contribution in [1.29, 1.82) is 0 Å². The summed E-state index contributed by atoms with van der Waals surface area (Å²) in [5, 5.41) is 19.9. The highest BCUT2D eigenvalue weighted by atomic mass is 19.4. The first-order valence-electron chi connectivity index (χ1n) is 9.00. The minimum atomic E-state index is -4.85. The SMILES string of the molecule is CCC(C(=O)O)c1c(C)n(C(=O)c2ccc(OC(F)(F)F)cc2)c2ccc(O)cc12. The summed E-state index contributed by atoms with van der Waals surface area (Å²) in [6, 6.07) is 8.72. The first-order valence-corrected chi connectivity index (χ1v) is 9.00. The summed E-state index contributed by atoms with van der Waals surface area (Å²) in [4.78, 5) is 24.9. The molecule has 30 heavy (non-hydrogen) atoms. The van der Waals surface area contributed by atoms with Crippen LogP contribution >= 0.6 is 0 Å². The van der Waals surface area contributed by atoms with Crippen LogP contribution in [0, 0.1) is 6.92 Å². The molecule has 2 N–H and O–H groups in total. The van der Waals surface area contributed by atoms with Crippen molar-refractivity contribution in [2.24, 2.45) is 0 Å². The first kappa shape index (κ1) is 21.2. The largest absolute Gasteiger partial charge is 0.573 e. The van der Waals surface area contributed by atoms with Gasteiger partial charge in [0, 0.05) is 16.6 Å². The average molecular weight is 421 g/mol. The maximum absolute atomic E-state index is 13.1. The zero-order chi connectivity index (χ0) is 22.2. The molecule has 0 aliphatic rings. The van der Waals surface area contributed by atoms with Crippen molar-refractivity contribution < 1.29 is 37.7 Å². The third kappa shape index (κ3) is 3.96. The molecule has 0 spiro atoms. The van der Waals surface area contributed by atoms with E-state index in [1.165, 1.54) is 34.9 Å². The molecule has 2 aromatic carbocycles. The van der Waals surface area contributed by atoms with E-state index in [1.807, 2.05) is 0 Å². The van der Waals surface area contributed by atoms with E-state index in [2.05, 4.69) is 4.74 Å². The lowest BCUT2D eigenvalue weighted by atomic mass is 9.94. The zero-order valence-corrected chi connectivity index (χ0v) is 16.0. The van der Waals surface area contributed by atoms with Crippen LogP contribution in [0.3, 0.4) is 0 Å². The molecule has 9 heteroatoms. The molecule has 158 valence electrons. The second-order valence-corrected chi connectivity index (χ2v) is 6.71. The van der Waals surface area contributed by atoms with Crippen LogP contribution in [0.1, 0.15) is 40.9 Å². The summed E-state index contributed by atoms with van der Waals surface area (Å²) < 4.78 is 42.1. The van der Waals surface area contributed by atoms with E-state index >= 15 is 0 Å². The summed E-state index contributed by atoms with van der Waals surface area (Å²) >= 11 is 0. The molecule has 6 nitrogen and oxygen atoms in total. The molecule has 0 saturated carbocycles. The lowest BCUT2D eigenvalue weighted by Gasteiger charge is -2.12. The van der Waals surface area contributed by atoms with Crippen molar-refractivity contribution in [3.8, 4) is 11.5 Å². The van der Waals surface area contributed by atoms with Crippen LogP contribution < -0.4 is 4.74 Å². The van der Waals surface area contributed by atoms with Gasteiger partial charge in [-0.2, -0.15) is 0 Å². The second kappa shape index (κ2) is 7.74. The smallest absolute Gasteiger partial charge is 0.508 e. The predicted molar refractivity (Wildman–Crippen MR) is 102 cm³/mol. The Morgan fingerprint density at radius 3 is 2.30 bits per heavy atom. The molecule has 3 aromatic rings. The van der Waals surface area contributed by atoms with E-state index in [9.17, 15) is 33.0 Å². The number of ether oxygens (including phenoxy) is 1. The average Bonchev–Trinajstić information content (AvgIpc) is 2.92. The Kier molecular flexibility index (Phi) is 5.47. The number of hydrogen-bond donors (Lipinski definition) is 2. The predicted octanol–water partition coefficient (Wildman–Crippen LogP) is 4.82. The van der Waals surface area contributed by atoms with Gasteiger partial charge in [-0.05, 0) is 61.4 Å². The number of alkyl halides is 3. The number of rotatable bonds is 5. The summed E-state index contributed by atoms with van der Waals surface area (Å²) in [6.45, 7) is 3.29. The van der Waals surface area contributed by atoms with Gasteiger partial charge in [0.2, 0.25) is 0 Å². The molecule has 0 aliphatic heterocycles. The van der Waals surface area contributed by atoms with Gasteiger partial charge in [-0.1, -0.05) is 6.92 Å². The number of benzene rings is 2. The number of fused-ring (bicyclic) bond motifs is 1. The number of carbonyl (C=O) groups excluding carboxylic acids is 1. The van der Waals surface area contributed by atoms with E-state index in [4.69, 9.17) is 0 Å². The standard InChI is InChI=1S/C21H18F3NO5/c1-3-15(20(28)29)18-11(2)25(17-9-6-13(26)10-16(17)18)19(27)12-4-7-14(8-5-12)30-21(22,23)24/h4-10,15,26H,3H2,1-2H3,(H,28,29). The van der Waals surface area contributed by atoms with Gasteiger partial charge >= 0.3 is 12.3 Å². The molecule has 0 fully saturated rings. The molecule has 0 amide bonds. The number of aromatic nitrogens is 1. The van der Waals surface area contributed by atoms with E-state index in [0.29, 0.717) is 22.2 Å². The number of aromatic hydroxyl groups is 1. The van der Waals surface area contributed by atoms with Crippen molar-refractivity contribution >= 4 is 22.8 Å². The number of carboxylic acid groups (broad SMARTS) is 1. The molecule has 0 bridgehead atoms. The van der Waals surface area contributed by atoms with Crippen LogP contribution in [0.2, 0.25) is 0 Å². The molecule has 1 atom stereocenters. The number of phenolic OH excluding ortho intramolecular Hbond substituents is 1. The van der Waals surface area contributed by atoms with Gasteiger partial charge in [-0.3, -0.25) is 14.2 Å². The van der Waals surface area contributed by atoms with Crippen LogP contribution in [0.25, 0.3) is 10.9 Å². The van der Waals surface area contributed by atoms with Crippen LogP contribution in [0.15, 0.2) is 42.5 Å². The normalized spacial score (nSPS) is 12.7. The molecule has 1 unspecified atom stereocenters. The van der Waals surface area contributed by atoms with Crippen molar-refractivity contribution in [1.82, 2.24) is 4.57 Å². The number of aliphatic carboxylic acids is 1. The van der Waals surface area contributed by atoms with Crippen molar-refractivity contribution in [2.45, 2.75) is 32.5 Å². The summed E-state index contributed by atoms with van der Waals surface area (Å²) in [5.41, 5.74) is 1.26. The zero-order valence-electron chi connectivity index (χ0n) is 16.0. The number of carbonyl (C=O) groups is 2. The van der Waals surface area contributed by atoms with Gasteiger partial charge in [0.05, 0.1) is 11.4 Å². The fourth-order valence-corrected chi connectivity index (χ4v) is 3.56. The van der Waals surface area contributed by atoms with E-state index in [1.54, 1.807) is 13.8 Å². The van der Waals surface area contributed by atoms with Crippen LogP contribution in [0.4, 0.5) is 13.2 Å². The van der Waals surface area contributed by atoms with Crippen molar-refractivity contribution in [3.05, 3.63) is 59.3 Å². The number of carboxylic acids is 1. The third-order valence-corrected chi connectivity index (χ3v) is 4.83. The number of halogens is 3. The van der Waals surface area contributed by atoms with E-state index in [-0.39, 0.29) is 17.7 Å². The van der Waals surface area contributed by atoms with E-state index in [0.717, 1.165) is 12.1 Å².